The first-order valence-corrected chi connectivity index (χ1v) is 6.64. The van der Waals surface area contributed by atoms with E-state index in [1.165, 1.54) is 11.6 Å². The molecule has 2 aromatic rings. The van der Waals surface area contributed by atoms with Crippen LogP contribution in [-0.2, 0) is 0 Å². The summed E-state index contributed by atoms with van der Waals surface area (Å²) in [7, 11) is 0. The molecule has 0 fully saturated rings. The van der Waals surface area contributed by atoms with Gasteiger partial charge in [-0.25, -0.2) is 4.39 Å². The summed E-state index contributed by atoms with van der Waals surface area (Å²) in [5.41, 5.74) is 2.25. The topological polar surface area (TPSA) is 12.0 Å². The summed E-state index contributed by atoms with van der Waals surface area (Å²) < 4.78 is 13.1. The summed E-state index contributed by atoms with van der Waals surface area (Å²) >= 11 is 1.69. The third kappa shape index (κ3) is 3.14. The van der Waals surface area contributed by atoms with E-state index in [0.29, 0.717) is 0 Å². The van der Waals surface area contributed by atoms with Gasteiger partial charge in [-0.1, -0.05) is 12.1 Å². The number of halogens is 1. The fourth-order valence-electron chi connectivity index (χ4n) is 1.86. The van der Waals surface area contributed by atoms with Crippen molar-refractivity contribution >= 4 is 11.3 Å². The van der Waals surface area contributed by atoms with E-state index in [1.807, 2.05) is 6.07 Å². The molecule has 0 spiro atoms. The molecule has 1 nitrogen and oxygen atoms in total. The number of benzene rings is 1. The molecule has 1 aromatic carbocycles. The molecule has 0 aliphatic carbocycles. The molecular formula is C14H16FNS. The SMILES string of the molecule is CC(N[C@@H](C)c1cccc(F)c1)c1ccsc1. The van der Waals surface area contributed by atoms with Crippen molar-refractivity contribution in [1.29, 1.82) is 0 Å². The largest absolute Gasteiger partial charge is 0.304 e. The molecule has 1 heterocycles. The Morgan fingerprint density at radius 3 is 2.53 bits per heavy atom. The highest BCUT2D eigenvalue weighted by Crippen LogP contribution is 2.21. The Labute approximate surface area is 105 Å². The van der Waals surface area contributed by atoms with Crippen molar-refractivity contribution < 1.29 is 4.39 Å². The average Bonchev–Trinajstić information content (AvgIpc) is 2.82. The summed E-state index contributed by atoms with van der Waals surface area (Å²) in [5.74, 6) is -0.181. The van der Waals surface area contributed by atoms with Crippen molar-refractivity contribution in [1.82, 2.24) is 5.32 Å². The fourth-order valence-corrected chi connectivity index (χ4v) is 2.62. The zero-order valence-electron chi connectivity index (χ0n) is 9.98. The van der Waals surface area contributed by atoms with Gasteiger partial charge in [-0.15, -0.1) is 0 Å². The molecule has 0 aliphatic heterocycles. The van der Waals surface area contributed by atoms with E-state index in [4.69, 9.17) is 0 Å². The molecule has 2 rings (SSSR count). The second-order valence-electron chi connectivity index (χ2n) is 4.22. The first-order valence-electron chi connectivity index (χ1n) is 5.70. The maximum absolute atomic E-state index is 13.1. The molecule has 0 saturated carbocycles. The highest BCUT2D eigenvalue weighted by atomic mass is 32.1. The predicted molar refractivity (Wildman–Crippen MR) is 70.7 cm³/mol. The standard InChI is InChI=1S/C14H16FNS/c1-10(12-4-3-5-14(15)8-12)16-11(2)13-6-7-17-9-13/h3-11,16H,1-2H3/t10-,11?/m0/s1. The lowest BCUT2D eigenvalue weighted by atomic mass is 10.1. The lowest BCUT2D eigenvalue weighted by Crippen LogP contribution is -2.22. The minimum absolute atomic E-state index is 0.139. The van der Waals surface area contributed by atoms with Crippen molar-refractivity contribution in [2.75, 3.05) is 0 Å². The second-order valence-corrected chi connectivity index (χ2v) is 5.00. The van der Waals surface area contributed by atoms with Crippen LogP contribution in [0.3, 0.4) is 0 Å². The molecule has 0 amide bonds. The predicted octanol–water partition coefficient (Wildman–Crippen LogP) is 4.30. The highest BCUT2D eigenvalue weighted by Gasteiger charge is 2.11. The van der Waals surface area contributed by atoms with Gasteiger partial charge in [-0.3, -0.25) is 0 Å². The Kier molecular flexibility index (Phi) is 3.92. The van der Waals surface area contributed by atoms with E-state index < -0.39 is 0 Å². The molecule has 0 bridgehead atoms. The molecule has 17 heavy (non-hydrogen) atoms. The van der Waals surface area contributed by atoms with E-state index in [2.05, 4.69) is 36.0 Å². The molecule has 2 atom stereocenters. The Hall–Kier alpha value is -1.19. The van der Waals surface area contributed by atoms with E-state index in [0.717, 1.165) is 5.56 Å². The maximum Gasteiger partial charge on any atom is 0.123 e. The number of nitrogens with one attached hydrogen (secondary N) is 1. The van der Waals surface area contributed by atoms with Gasteiger partial charge >= 0.3 is 0 Å². The fraction of sp³-hybridized carbons (Fsp3) is 0.286. The quantitative estimate of drug-likeness (QED) is 0.852. The molecule has 1 unspecified atom stereocenters. The Morgan fingerprint density at radius 2 is 1.88 bits per heavy atom. The molecule has 0 aliphatic rings. The van der Waals surface area contributed by atoms with Crippen molar-refractivity contribution in [2.45, 2.75) is 25.9 Å². The van der Waals surface area contributed by atoms with Crippen LogP contribution >= 0.6 is 11.3 Å². The van der Waals surface area contributed by atoms with Gasteiger partial charge < -0.3 is 5.32 Å². The van der Waals surface area contributed by atoms with Crippen LogP contribution in [-0.4, -0.2) is 0 Å². The van der Waals surface area contributed by atoms with Crippen LogP contribution in [0.5, 0.6) is 0 Å². The first-order chi connectivity index (χ1) is 8.16. The van der Waals surface area contributed by atoms with Gasteiger partial charge in [0.2, 0.25) is 0 Å². The van der Waals surface area contributed by atoms with Gasteiger partial charge in [0.15, 0.2) is 0 Å². The number of hydrogen-bond donors (Lipinski definition) is 1. The minimum Gasteiger partial charge on any atom is -0.304 e. The van der Waals surface area contributed by atoms with E-state index in [1.54, 1.807) is 23.5 Å². The molecular weight excluding hydrogens is 233 g/mol. The third-order valence-corrected chi connectivity index (χ3v) is 3.59. The molecule has 1 aromatic heterocycles. The van der Waals surface area contributed by atoms with Crippen LogP contribution in [0.15, 0.2) is 41.1 Å². The first kappa shape index (κ1) is 12.3. The summed E-state index contributed by atoms with van der Waals surface area (Å²) in [6.07, 6.45) is 0. The van der Waals surface area contributed by atoms with Gasteiger partial charge in [-0.2, -0.15) is 11.3 Å². The van der Waals surface area contributed by atoms with E-state index in [-0.39, 0.29) is 17.9 Å². The highest BCUT2D eigenvalue weighted by molar-refractivity contribution is 7.07. The minimum atomic E-state index is -0.181. The van der Waals surface area contributed by atoms with Crippen molar-refractivity contribution in [3.63, 3.8) is 0 Å². The number of thiophene rings is 1. The Morgan fingerprint density at radius 1 is 1.12 bits per heavy atom. The maximum atomic E-state index is 13.1. The van der Waals surface area contributed by atoms with Crippen LogP contribution in [0, 0.1) is 5.82 Å². The molecule has 3 heteroatoms. The summed E-state index contributed by atoms with van der Waals surface area (Å²) in [6, 6.07) is 9.27. The van der Waals surface area contributed by atoms with Crippen molar-refractivity contribution in [2.24, 2.45) is 0 Å². The molecule has 90 valence electrons. The van der Waals surface area contributed by atoms with Crippen LogP contribution < -0.4 is 5.32 Å². The monoisotopic (exact) mass is 249 g/mol. The summed E-state index contributed by atoms with van der Waals surface area (Å²) in [5, 5.41) is 7.67. The third-order valence-electron chi connectivity index (χ3n) is 2.89. The smallest absolute Gasteiger partial charge is 0.123 e. The molecule has 1 N–H and O–H groups in total. The summed E-state index contributed by atoms with van der Waals surface area (Å²) in [4.78, 5) is 0. The molecule has 0 radical (unpaired) electrons. The van der Waals surface area contributed by atoms with Crippen molar-refractivity contribution in [3.8, 4) is 0 Å². The normalized spacial score (nSPS) is 14.5. The van der Waals surface area contributed by atoms with Gasteiger partial charge in [0.1, 0.15) is 5.82 Å². The lowest BCUT2D eigenvalue weighted by Gasteiger charge is -2.19. The van der Waals surface area contributed by atoms with Crippen LogP contribution in [0.25, 0.3) is 0 Å². The average molecular weight is 249 g/mol. The van der Waals surface area contributed by atoms with E-state index >= 15 is 0 Å². The summed E-state index contributed by atoms with van der Waals surface area (Å²) in [6.45, 7) is 4.18. The van der Waals surface area contributed by atoms with Crippen LogP contribution in [0.2, 0.25) is 0 Å². The molecule has 0 saturated heterocycles. The Balaban J connectivity index is 2.04. The Bertz CT molecular complexity index is 467. The van der Waals surface area contributed by atoms with Gasteiger partial charge in [0.05, 0.1) is 0 Å². The van der Waals surface area contributed by atoms with Gasteiger partial charge in [-0.05, 0) is 53.9 Å². The zero-order chi connectivity index (χ0) is 12.3. The second kappa shape index (κ2) is 5.43. The van der Waals surface area contributed by atoms with Crippen LogP contribution in [0.4, 0.5) is 4.39 Å². The van der Waals surface area contributed by atoms with Gasteiger partial charge in [0, 0.05) is 12.1 Å². The van der Waals surface area contributed by atoms with E-state index in [9.17, 15) is 4.39 Å². The lowest BCUT2D eigenvalue weighted by molar-refractivity contribution is 0.493. The number of hydrogen-bond acceptors (Lipinski definition) is 2. The van der Waals surface area contributed by atoms with Crippen molar-refractivity contribution in [3.05, 3.63) is 58.0 Å². The number of rotatable bonds is 4. The zero-order valence-corrected chi connectivity index (χ0v) is 10.8. The van der Waals surface area contributed by atoms with Crippen LogP contribution in [0.1, 0.15) is 37.1 Å². The van der Waals surface area contributed by atoms with Gasteiger partial charge in [0.25, 0.3) is 0 Å².